The number of rotatable bonds is 8. The molecule has 2 saturated carbocycles. The van der Waals surface area contributed by atoms with Crippen molar-refractivity contribution in [1.29, 1.82) is 5.41 Å². The van der Waals surface area contributed by atoms with Gasteiger partial charge in [-0.1, -0.05) is 30.7 Å². The Morgan fingerprint density at radius 1 is 1.14 bits per heavy atom. The molecule has 3 aromatic rings. The van der Waals surface area contributed by atoms with Crippen molar-refractivity contribution in [1.82, 2.24) is 14.9 Å². The summed E-state index contributed by atoms with van der Waals surface area (Å²) in [6.07, 6.45) is 5.26. The highest BCUT2D eigenvalue weighted by Crippen LogP contribution is 2.48. The summed E-state index contributed by atoms with van der Waals surface area (Å²) in [6, 6.07) is 12.7. The van der Waals surface area contributed by atoms with Crippen molar-refractivity contribution in [3.8, 4) is 11.4 Å². The number of nitrogen functional groups attached to an aromatic ring is 1. The highest BCUT2D eigenvalue weighted by molar-refractivity contribution is 5.98. The maximum absolute atomic E-state index is 12.7. The normalized spacial score (nSPS) is 20.8. The summed E-state index contributed by atoms with van der Waals surface area (Å²) in [4.78, 5) is 29.5. The van der Waals surface area contributed by atoms with Gasteiger partial charge in [-0.05, 0) is 55.2 Å². The standard InChI is InChI=1S/C27H31N5O3/c1-32-23-9-8-20(14-22(23)31-26(32)18-6-4-17(5-7-18)25(28)29)27(34)30-11-10-24(33)35-15-21-13-16-2-3-19(21)12-16/h4-9,14,16,19,21H,2-3,10-13,15H2,1H3,(H3,28,29)(H,30,34). The number of ether oxygens (including phenoxy) is 1. The molecule has 1 aromatic heterocycles. The molecule has 0 spiro atoms. The number of benzene rings is 2. The molecule has 0 saturated heterocycles. The van der Waals surface area contributed by atoms with E-state index in [1.165, 1.54) is 25.7 Å². The maximum Gasteiger partial charge on any atom is 0.307 e. The average Bonchev–Trinajstić information content (AvgIpc) is 3.57. The monoisotopic (exact) mass is 473 g/mol. The number of nitrogens with zero attached hydrogens (tertiary/aromatic N) is 2. The minimum atomic E-state index is -0.256. The molecule has 2 aliphatic carbocycles. The van der Waals surface area contributed by atoms with Crippen LogP contribution in [0, 0.1) is 23.2 Å². The lowest BCUT2D eigenvalue weighted by Gasteiger charge is -2.21. The molecule has 2 fully saturated rings. The van der Waals surface area contributed by atoms with Crippen LogP contribution in [0.15, 0.2) is 42.5 Å². The number of carbonyl (C=O) groups is 2. The first-order chi connectivity index (χ1) is 16.9. The van der Waals surface area contributed by atoms with Gasteiger partial charge in [0.05, 0.1) is 24.1 Å². The summed E-state index contributed by atoms with van der Waals surface area (Å²) in [5, 5.41) is 10.4. The van der Waals surface area contributed by atoms with Gasteiger partial charge in [0.15, 0.2) is 0 Å². The molecular weight excluding hydrogens is 442 g/mol. The summed E-state index contributed by atoms with van der Waals surface area (Å²) in [7, 11) is 1.92. The molecule has 8 heteroatoms. The lowest BCUT2D eigenvalue weighted by molar-refractivity contribution is -0.145. The first-order valence-electron chi connectivity index (χ1n) is 12.2. The second kappa shape index (κ2) is 9.52. The van der Waals surface area contributed by atoms with E-state index in [1.54, 1.807) is 24.3 Å². The Morgan fingerprint density at radius 3 is 2.60 bits per heavy atom. The number of hydrogen-bond donors (Lipinski definition) is 3. The Balaban J connectivity index is 1.17. The van der Waals surface area contributed by atoms with Crippen molar-refractivity contribution in [3.05, 3.63) is 53.6 Å². The zero-order chi connectivity index (χ0) is 24.5. The van der Waals surface area contributed by atoms with Crippen LogP contribution < -0.4 is 11.1 Å². The fourth-order valence-electron chi connectivity index (χ4n) is 5.63. The van der Waals surface area contributed by atoms with Gasteiger partial charge in [0.25, 0.3) is 5.91 Å². The summed E-state index contributed by atoms with van der Waals surface area (Å²) in [6.45, 7) is 0.756. The van der Waals surface area contributed by atoms with Gasteiger partial charge in [0, 0.05) is 30.3 Å². The third-order valence-corrected chi connectivity index (χ3v) is 7.55. The molecule has 0 aliphatic heterocycles. The molecule has 1 heterocycles. The fraction of sp³-hybridized carbons (Fsp3) is 0.407. The second-order valence-electron chi connectivity index (χ2n) is 9.81. The molecule has 3 unspecified atom stereocenters. The number of imidazole rings is 1. The molecule has 2 aliphatic rings. The number of hydrogen-bond acceptors (Lipinski definition) is 5. The van der Waals surface area contributed by atoms with Crippen LogP contribution in [0.25, 0.3) is 22.4 Å². The summed E-state index contributed by atoms with van der Waals surface area (Å²) >= 11 is 0. The molecule has 182 valence electrons. The SMILES string of the molecule is Cn1c(-c2ccc(C(=N)N)cc2)nc2cc(C(=O)NCCC(=O)OCC3CC4CCC3C4)ccc21. The number of aromatic nitrogens is 2. The third-order valence-electron chi connectivity index (χ3n) is 7.55. The van der Waals surface area contributed by atoms with E-state index < -0.39 is 0 Å². The van der Waals surface area contributed by atoms with Crippen molar-refractivity contribution in [2.45, 2.75) is 32.1 Å². The van der Waals surface area contributed by atoms with Crippen LogP contribution in [-0.4, -0.2) is 40.4 Å². The van der Waals surface area contributed by atoms with Crippen LogP contribution in [0.1, 0.15) is 48.0 Å². The largest absolute Gasteiger partial charge is 0.465 e. The Bertz CT molecular complexity index is 1280. The summed E-state index contributed by atoms with van der Waals surface area (Å²) in [5.74, 6) is 2.36. The Kier molecular flexibility index (Phi) is 6.28. The predicted octanol–water partition coefficient (Wildman–Crippen LogP) is 3.62. The van der Waals surface area contributed by atoms with Gasteiger partial charge >= 0.3 is 5.97 Å². The Hall–Kier alpha value is -3.68. The predicted molar refractivity (Wildman–Crippen MR) is 134 cm³/mol. The van der Waals surface area contributed by atoms with Crippen molar-refractivity contribution in [2.24, 2.45) is 30.5 Å². The number of amides is 1. The van der Waals surface area contributed by atoms with Gasteiger partial charge in [0.1, 0.15) is 11.7 Å². The van der Waals surface area contributed by atoms with E-state index in [4.69, 9.17) is 20.9 Å². The van der Waals surface area contributed by atoms with Crippen LogP contribution in [0.5, 0.6) is 0 Å². The molecule has 2 bridgehead atoms. The highest BCUT2D eigenvalue weighted by Gasteiger charge is 2.39. The Morgan fingerprint density at radius 2 is 1.91 bits per heavy atom. The van der Waals surface area contributed by atoms with E-state index in [-0.39, 0.29) is 30.7 Å². The zero-order valence-corrected chi connectivity index (χ0v) is 19.9. The van der Waals surface area contributed by atoms with Crippen LogP contribution in [0.2, 0.25) is 0 Å². The van der Waals surface area contributed by atoms with Crippen molar-refractivity contribution < 1.29 is 14.3 Å². The average molecular weight is 474 g/mol. The zero-order valence-electron chi connectivity index (χ0n) is 19.9. The number of nitrogens with two attached hydrogens (primary N) is 1. The van der Waals surface area contributed by atoms with E-state index in [0.717, 1.165) is 28.7 Å². The topological polar surface area (TPSA) is 123 Å². The van der Waals surface area contributed by atoms with E-state index in [9.17, 15) is 9.59 Å². The molecule has 2 aromatic carbocycles. The second-order valence-corrected chi connectivity index (χ2v) is 9.81. The van der Waals surface area contributed by atoms with Crippen molar-refractivity contribution >= 4 is 28.7 Å². The quantitative estimate of drug-likeness (QED) is 0.262. The van der Waals surface area contributed by atoms with Gasteiger partial charge in [-0.15, -0.1) is 0 Å². The van der Waals surface area contributed by atoms with Crippen LogP contribution in [-0.2, 0) is 16.6 Å². The lowest BCUT2D eigenvalue weighted by Crippen LogP contribution is -2.27. The van der Waals surface area contributed by atoms with Crippen LogP contribution in [0.3, 0.4) is 0 Å². The Labute approximate surface area is 204 Å². The molecular formula is C27H31N5O3. The maximum atomic E-state index is 12.7. The minimum absolute atomic E-state index is 0.0195. The number of nitrogens with one attached hydrogen (secondary N) is 2. The van der Waals surface area contributed by atoms with Crippen LogP contribution >= 0.6 is 0 Å². The number of esters is 1. The lowest BCUT2D eigenvalue weighted by atomic mass is 9.90. The van der Waals surface area contributed by atoms with Crippen molar-refractivity contribution in [3.63, 3.8) is 0 Å². The van der Waals surface area contributed by atoms with Gasteiger partial charge in [-0.3, -0.25) is 15.0 Å². The third kappa shape index (κ3) is 4.78. The highest BCUT2D eigenvalue weighted by atomic mass is 16.5. The summed E-state index contributed by atoms with van der Waals surface area (Å²) in [5.41, 5.74) is 9.18. The molecule has 3 atom stereocenters. The molecule has 4 N–H and O–H groups in total. The number of carbonyl (C=O) groups excluding carboxylic acids is 2. The smallest absolute Gasteiger partial charge is 0.307 e. The van der Waals surface area contributed by atoms with Crippen molar-refractivity contribution in [2.75, 3.05) is 13.2 Å². The van der Waals surface area contributed by atoms with Gasteiger partial charge in [-0.2, -0.15) is 0 Å². The molecule has 8 nitrogen and oxygen atoms in total. The van der Waals surface area contributed by atoms with Gasteiger partial charge < -0.3 is 20.4 Å². The van der Waals surface area contributed by atoms with E-state index in [0.29, 0.717) is 29.2 Å². The fourth-order valence-corrected chi connectivity index (χ4v) is 5.63. The number of aryl methyl sites for hydroxylation is 1. The van der Waals surface area contributed by atoms with E-state index in [2.05, 4.69) is 5.32 Å². The van der Waals surface area contributed by atoms with E-state index in [1.807, 2.05) is 29.8 Å². The van der Waals surface area contributed by atoms with Crippen LogP contribution in [0.4, 0.5) is 0 Å². The van der Waals surface area contributed by atoms with E-state index >= 15 is 0 Å². The first-order valence-corrected chi connectivity index (χ1v) is 12.2. The molecule has 1 amide bonds. The molecule has 35 heavy (non-hydrogen) atoms. The minimum Gasteiger partial charge on any atom is -0.465 e. The number of amidine groups is 1. The van der Waals surface area contributed by atoms with Gasteiger partial charge in [-0.25, -0.2) is 4.98 Å². The number of fused-ring (bicyclic) bond motifs is 3. The molecule has 0 radical (unpaired) electrons. The summed E-state index contributed by atoms with van der Waals surface area (Å²) < 4.78 is 7.44. The first kappa shape index (κ1) is 23.1. The van der Waals surface area contributed by atoms with Gasteiger partial charge in [0.2, 0.25) is 0 Å². The molecule has 5 rings (SSSR count).